The molecular formula is C23H24BrN5O2S. The highest BCUT2D eigenvalue weighted by molar-refractivity contribution is 9.10. The summed E-state index contributed by atoms with van der Waals surface area (Å²) < 4.78 is 9.38. The second-order valence-electron chi connectivity index (χ2n) is 7.85. The van der Waals surface area contributed by atoms with Crippen LogP contribution in [0.2, 0.25) is 0 Å². The summed E-state index contributed by atoms with van der Waals surface area (Å²) in [4.78, 5) is 27.5. The van der Waals surface area contributed by atoms with Gasteiger partial charge < -0.3 is 4.74 Å². The maximum atomic E-state index is 13.9. The molecule has 0 aliphatic carbocycles. The van der Waals surface area contributed by atoms with Crippen LogP contribution in [0.15, 0.2) is 47.1 Å². The van der Waals surface area contributed by atoms with Crippen LogP contribution in [-0.4, -0.2) is 64.6 Å². The van der Waals surface area contributed by atoms with Crippen molar-refractivity contribution in [2.75, 3.05) is 44.3 Å². The van der Waals surface area contributed by atoms with Gasteiger partial charge in [0.25, 0.3) is 5.91 Å². The standard InChI is InChI=1S/C23H24BrN5O2S/c1-16-21(28-9-3-2-5-20(28)25-16)22(30)29(10-4-8-27-11-13-31-14-12-27)23-26-18-7-6-17(24)15-19(18)32-23/h2-3,5-7,9,15H,4,8,10-14H2,1H3. The zero-order valence-electron chi connectivity index (χ0n) is 17.8. The van der Waals surface area contributed by atoms with Crippen LogP contribution in [-0.2, 0) is 4.74 Å². The highest BCUT2D eigenvalue weighted by atomic mass is 79.9. The lowest BCUT2D eigenvalue weighted by atomic mass is 10.2. The fourth-order valence-corrected chi connectivity index (χ4v) is 5.60. The van der Waals surface area contributed by atoms with E-state index in [2.05, 4.69) is 25.8 Å². The highest BCUT2D eigenvalue weighted by Gasteiger charge is 2.26. The molecule has 1 aromatic carbocycles. The molecule has 5 rings (SSSR count). The van der Waals surface area contributed by atoms with Gasteiger partial charge in [0.05, 0.1) is 29.1 Å². The first kappa shape index (κ1) is 21.5. The van der Waals surface area contributed by atoms with E-state index in [0.29, 0.717) is 12.2 Å². The van der Waals surface area contributed by atoms with E-state index in [4.69, 9.17) is 9.72 Å². The summed E-state index contributed by atoms with van der Waals surface area (Å²) in [5.74, 6) is -0.0682. The predicted octanol–water partition coefficient (Wildman–Crippen LogP) is 4.38. The molecule has 0 spiro atoms. The summed E-state index contributed by atoms with van der Waals surface area (Å²) in [6.07, 6.45) is 2.76. The van der Waals surface area contributed by atoms with Crippen LogP contribution in [0.5, 0.6) is 0 Å². The van der Waals surface area contributed by atoms with E-state index in [1.807, 2.05) is 58.8 Å². The zero-order chi connectivity index (χ0) is 22.1. The Hall–Kier alpha value is -2.33. The molecule has 9 heteroatoms. The van der Waals surface area contributed by atoms with Crippen LogP contribution >= 0.6 is 27.3 Å². The van der Waals surface area contributed by atoms with Gasteiger partial charge in [0.15, 0.2) is 5.13 Å². The third-order valence-corrected chi connectivity index (χ3v) is 7.22. The Morgan fingerprint density at radius 2 is 2.06 bits per heavy atom. The van der Waals surface area contributed by atoms with E-state index in [-0.39, 0.29) is 5.91 Å². The van der Waals surface area contributed by atoms with Gasteiger partial charge in [0, 0.05) is 36.8 Å². The van der Waals surface area contributed by atoms with Crippen LogP contribution in [0, 0.1) is 6.92 Å². The first-order valence-corrected chi connectivity index (χ1v) is 12.3. The van der Waals surface area contributed by atoms with E-state index < -0.39 is 0 Å². The van der Waals surface area contributed by atoms with E-state index in [1.54, 1.807) is 11.3 Å². The predicted molar refractivity (Wildman–Crippen MR) is 131 cm³/mol. The van der Waals surface area contributed by atoms with Crippen LogP contribution in [0.4, 0.5) is 5.13 Å². The summed E-state index contributed by atoms with van der Waals surface area (Å²) in [5.41, 5.74) is 2.99. The SMILES string of the molecule is Cc1nc2ccccn2c1C(=O)N(CCCN1CCOCC1)c1nc2ccc(Br)cc2s1. The van der Waals surface area contributed by atoms with Crippen molar-refractivity contribution in [3.8, 4) is 0 Å². The van der Waals surface area contributed by atoms with Crippen LogP contribution in [0.1, 0.15) is 22.6 Å². The highest BCUT2D eigenvalue weighted by Crippen LogP contribution is 2.32. The quantitative estimate of drug-likeness (QED) is 0.382. The summed E-state index contributed by atoms with van der Waals surface area (Å²) in [6, 6.07) is 11.8. The monoisotopic (exact) mass is 513 g/mol. The molecule has 166 valence electrons. The van der Waals surface area contributed by atoms with Gasteiger partial charge in [-0.15, -0.1) is 0 Å². The number of fused-ring (bicyclic) bond motifs is 2. The molecule has 0 radical (unpaired) electrons. The summed E-state index contributed by atoms with van der Waals surface area (Å²) in [5, 5.41) is 0.718. The Morgan fingerprint density at radius 3 is 2.91 bits per heavy atom. The number of thiazole rings is 1. The number of aryl methyl sites for hydroxylation is 1. The lowest BCUT2D eigenvalue weighted by molar-refractivity contribution is 0.0376. The number of rotatable bonds is 6. The molecule has 1 fully saturated rings. The lowest BCUT2D eigenvalue weighted by Gasteiger charge is -2.27. The van der Waals surface area contributed by atoms with Gasteiger partial charge in [-0.2, -0.15) is 0 Å². The third kappa shape index (κ3) is 4.30. The van der Waals surface area contributed by atoms with Gasteiger partial charge >= 0.3 is 0 Å². The number of carbonyl (C=O) groups excluding carboxylic acids is 1. The molecule has 0 bridgehead atoms. The average molecular weight is 514 g/mol. The van der Waals surface area contributed by atoms with Crippen molar-refractivity contribution in [1.29, 1.82) is 0 Å². The Balaban J connectivity index is 1.47. The van der Waals surface area contributed by atoms with E-state index in [0.717, 1.165) is 70.4 Å². The fourth-order valence-electron chi connectivity index (χ4n) is 4.06. The number of hydrogen-bond donors (Lipinski definition) is 0. The van der Waals surface area contributed by atoms with Gasteiger partial charge in [-0.05, 0) is 43.7 Å². The van der Waals surface area contributed by atoms with Gasteiger partial charge in [-0.25, -0.2) is 9.97 Å². The Kier molecular flexibility index (Phi) is 6.23. The van der Waals surface area contributed by atoms with E-state index in [1.165, 1.54) is 0 Å². The minimum Gasteiger partial charge on any atom is -0.379 e. The van der Waals surface area contributed by atoms with Crippen molar-refractivity contribution in [2.24, 2.45) is 0 Å². The first-order valence-electron chi connectivity index (χ1n) is 10.7. The number of aromatic nitrogens is 3. The molecule has 32 heavy (non-hydrogen) atoms. The molecule has 1 aliphatic heterocycles. The fraction of sp³-hybridized carbons (Fsp3) is 0.348. The molecule has 0 N–H and O–H groups in total. The number of nitrogens with zero attached hydrogens (tertiary/aromatic N) is 5. The number of ether oxygens (including phenoxy) is 1. The van der Waals surface area contributed by atoms with Crippen molar-refractivity contribution in [3.63, 3.8) is 0 Å². The lowest BCUT2D eigenvalue weighted by Crippen LogP contribution is -2.39. The molecular weight excluding hydrogens is 490 g/mol. The number of morpholine rings is 1. The average Bonchev–Trinajstić information content (AvgIpc) is 3.36. The molecule has 4 heterocycles. The van der Waals surface area contributed by atoms with Crippen molar-refractivity contribution in [2.45, 2.75) is 13.3 Å². The number of imidazole rings is 1. The van der Waals surface area contributed by atoms with Gasteiger partial charge in [0.1, 0.15) is 11.3 Å². The maximum absolute atomic E-state index is 13.9. The molecule has 0 saturated carbocycles. The topological polar surface area (TPSA) is 63.0 Å². The normalized spacial score (nSPS) is 14.9. The second-order valence-corrected chi connectivity index (χ2v) is 9.77. The molecule has 0 atom stereocenters. The minimum absolute atomic E-state index is 0.0682. The number of amides is 1. The minimum atomic E-state index is -0.0682. The van der Waals surface area contributed by atoms with Crippen molar-refractivity contribution >= 4 is 54.2 Å². The Bertz CT molecular complexity index is 1260. The Labute approximate surface area is 198 Å². The van der Waals surface area contributed by atoms with Crippen LogP contribution in [0.3, 0.4) is 0 Å². The molecule has 1 saturated heterocycles. The largest absolute Gasteiger partial charge is 0.379 e. The zero-order valence-corrected chi connectivity index (χ0v) is 20.2. The maximum Gasteiger partial charge on any atom is 0.278 e. The van der Waals surface area contributed by atoms with Crippen LogP contribution in [0.25, 0.3) is 15.9 Å². The molecule has 1 aliphatic rings. The van der Waals surface area contributed by atoms with Crippen LogP contribution < -0.4 is 4.90 Å². The van der Waals surface area contributed by atoms with Gasteiger partial charge in [-0.1, -0.05) is 33.3 Å². The van der Waals surface area contributed by atoms with E-state index in [9.17, 15) is 4.79 Å². The first-order chi connectivity index (χ1) is 15.6. The number of anilines is 1. The second kappa shape index (κ2) is 9.27. The van der Waals surface area contributed by atoms with Crippen molar-refractivity contribution < 1.29 is 9.53 Å². The molecule has 1 amide bonds. The number of carbonyl (C=O) groups is 1. The molecule has 4 aromatic rings. The summed E-state index contributed by atoms with van der Waals surface area (Å²) in [6.45, 7) is 6.84. The van der Waals surface area contributed by atoms with Gasteiger partial charge in [-0.3, -0.25) is 19.0 Å². The van der Waals surface area contributed by atoms with Crippen molar-refractivity contribution in [1.82, 2.24) is 19.3 Å². The number of hydrogen-bond acceptors (Lipinski definition) is 6. The Morgan fingerprint density at radius 1 is 1.22 bits per heavy atom. The smallest absolute Gasteiger partial charge is 0.278 e. The summed E-state index contributed by atoms with van der Waals surface area (Å²) >= 11 is 5.08. The summed E-state index contributed by atoms with van der Waals surface area (Å²) in [7, 11) is 0. The third-order valence-electron chi connectivity index (χ3n) is 5.68. The van der Waals surface area contributed by atoms with E-state index >= 15 is 0 Å². The number of benzene rings is 1. The molecule has 3 aromatic heterocycles. The number of halogens is 1. The van der Waals surface area contributed by atoms with Crippen molar-refractivity contribution in [3.05, 3.63) is 58.5 Å². The molecule has 7 nitrogen and oxygen atoms in total. The number of pyridine rings is 1. The van der Waals surface area contributed by atoms with Gasteiger partial charge in [0.2, 0.25) is 0 Å². The molecule has 0 unspecified atom stereocenters.